The van der Waals surface area contributed by atoms with Crippen molar-refractivity contribution in [3.63, 3.8) is 0 Å². The summed E-state index contributed by atoms with van der Waals surface area (Å²) in [7, 11) is 5.74. The third-order valence-corrected chi connectivity index (χ3v) is 5.60. The number of benzene rings is 2. The number of fused-ring (bicyclic) bond motifs is 3. The highest BCUT2D eigenvalue weighted by atomic mass is 16.5. The molecule has 2 aromatic rings. The fourth-order valence-electron chi connectivity index (χ4n) is 4.19. The van der Waals surface area contributed by atoms with Gasteiger partial charge in [0.1, 0.15) is 5.75 Å². The molecule has 2 aliphatic rings. The average molecular weight is 363 g/mol. The molecule has 5 nitrogen and oxygen atoms in total. The fourth-order valence-corrected chi connectivity index (χ4v) is 4.19. The number of rotatable bonds is 3. The normalized spacial score (nSPS) is 20.6. The Morgan fingerprint density at radius 2 is 1.93 bits per heavy atom. The van der Waals surface area contributed by atoms with Crippen LogP contribution in [0.4, 0.5) is 5.69 Å². The van der Waals surface area contributed by atoms with Crippen molar-refractivity contribution >= 4 is 17.3 Å². The summed E-state index contributed by atoms with van der Waals surface area (Å²) >= 11 is 0. The number of nitrogens with zero attached hydrogens (tertiary/aromatic N) is 3. The molecule has 0 radical (unpaired) electrons. The van der Waals surface area contributed by atoms with Gasteiger partial charge < -0.3 is 9.64 Å². The molecule has 0 aromatic heterocycles. The van der Waals surface area contributed by atoms with E-state index in [-0.39, 0.29) is 17.9 Å². The van der Waals surface area contributed by atoms with Crippen LogP contribution in [0.2, 0.25) is 0 Å². The lowest BCUT2D eigenvalue weighted by molar-refractivity contribution is -0.131. The zero-order chi connectivity index (χ0) is 19.1. The molecule has 2 atom stereocenters. The van der Waals surface area contributed by atoms with E-state index in [0.717, 1.165) is 41.1 Å². The number of carbonyl (C=O) groups is 1. The van der Waals surface area contributed by atoms with Gasteiger partial charge in [-0.15, -0.1) is 0 Å². The summed E-state index contributed by atoms with van der Waals surface area (Å²) in [6, 6.07) is 14.6. The molecule has 0 saturated heterocycles. The van der Waals surface area contributed by atoms with E-state index in [1.54, 1.807) is 19.0 Å². The van der Waals surface area contributed by atoms with Crippen molar-refractivity contribution in [2.24, 2.45) is 11.0 Å². The first-order chi connectivity index (χ1) is 13.0. The average Bonchev–Trinajstić information content (AvgIpc) is 3.07. The summed E-state index contributed by atoms with van der Waals surface area (Å²) in [4.78, 5) is 14.4. The Hall–Kier alpha value is -2.82. The van der Waals surface area contributed by atoms with E-state index in [4.69, 9.17) is 9.84 Å². The van der Waals surface area contributed by atoms with Crippen molar-refractivity contribution < 1.29 is 9.53 Å². The molecule has 0 saturated carbocycles. The number of methoxy groups -OCH3 is 1. The molecule has 4 rings (SSSR count). The first-order valence-corrected chi connectivity index (χ1v) is 9.32. The molecule has 0 spiro atoms. The van der Waals surface area contributed by atoms with Crippen LogP contribution in [0.1, 0.15) is 36.1 Å². The van der Waals surface area contributed by atoms with Crippen molar-refractivity contribution in [3.8, 4) is 5.75 Å². The molecule has 2 aromatic carbocycles. The van der Waals surface area contributed by atoms with Crippen molar-refractivity contribution in [2.75, 3.05) is 26.1 Å². The summed E-state index contributed by atoms with van der Waals surface area (Å²) in [5, 5.41) is 6.44. The number of aryl methyl sites for hydroxylation is 1. The maximum Gasteiger partial charge on any atom is 0.240 e. The van der Waals surface area contributed by atoms with Crippen LogP contribution in [0.3, 0.4) is 0 Å². The van der Waals surface area contributed by atoms with Gasteiger partial charge in [0.2, 0.25) is 5.91 Å². The quantitative estimate of drug-likeness (QED) is 0.836. The zero-order valence-corrected chi connectivity index (χ0v) is 16.3. The topological polar surface area (TPSA) is 45.1 Å². The Balaban J connectivity index is 1.73. The van der Waals surface area contributed by atoms with Gasteiger partial charge in [-0.25, -0.2) is 5.01 Å². The molecule has 0 fully saturated rings. The monoisotopic (exact) mass is 363 g/mol. The molecule has 140 valence electrons. The van der Waals surface area contributed by atoms with Gasteiger partial charge in [-0.3, -0.25) is 4.79 Å². The second kappa shape index (κ2) is 6.72. The third-order valence-electron chi connectivity index (χ3n) is 5.60. The second-order valence-electron chi connectivity index (χ2n) is 7.45. The first-order valence-electron chi connectivity index (χ1n) is 9.32. The Kier molecular flexibility index (Phi) is 4.38. The molecule has 5 heteroatoms. The first kappa shape index (κ1) is 17.6. The van der Waals surface area contributed by atoms with Crippen LogP contribution in [0.15, 0.2) is 47.6 Å². The predicted octanol–water partition coefficient (Wildman–Crippen LogP) is 3.63. The molecule has 0 N–H and O–H groups in total. The van der Waals surface area contributed by atoms with E-state index >= 15 is 0 Å². The van der Waals surface area contributed by atoms with E-state index in [9.17, 15) is 4.79 Å². The summed E-state index contributed by atoms with van der Waals surface area (Å²) in [6.07, 6.45) is 1.94. The van der Waals surface area contributed by atoms with Gasteiger partial charge in [0, 0.05) is 38.2 Å². The molecule has 1 aliphatic heterocycles. The summed E-state index contributed by atoms with van der Waals surface area (Å²) in [5.74, 6) is 1.07. The van der Waals surface area contributed by atoms with Crippen LogP contribution < -0.4 is 9.64 Å². The van der Waals surface area contributed by atoms with E-state index in [2.05, 4.69) is 41.3 Å². The van der Waals surface area contributed by atoms with Gasteiger partial charge in [-0.1, -0.05) is 12.1 Å². The molecule has 1 amide bonds. The SMILES string of the molecule is COc1ccc2c(c1)CC[C@H]1C2=NN(C(C)=O)[C@H]1c1ccc(N(C)C)cc1. The summed E-state index contributed by atoms with van der Waals surface area (Å²) in [5.41, 5.74) is 5.70. The molecular weight excluding hydrogens is 338 g/mol. The number of amides is 1. The minimum Gasteiger partial charge on any atom is -0.497 e. The molecule has 0 unspecified atom stereocenters. The molecule has 1 aliphatic carbocycles. The molecule has 27 heavy (non-hydrogen) atoms. The number of carbonyl (C=O) groups excluding carboxylic acids is 1. The standard InChI is InChI=1S/C22H25N3O2/c1-14(26)25-22(15-5-8-17(9-6-15)24(2)3)20-11-7-16-13-18(27-4)10-12-19(16)21(20)23-25/h5-6,8-10,12-13,20,22H,7,11H2,1-4H3/t20-,22-/m0/s1. The minimum absolute atomic E-state index is 0.0198. The number of hydrogen-bond acceptors (Lipinski definition) is 4. The minimum atomic E-state index is -0.0380. The maximum absolute atomic E-state index is 12.4. The molecular formula is C22H25N3O2. The summed E-state index contributed by atoms with van der Waals surface area (Å²) in [6.45, 7) is 1.59. The zero-order valence-electron chi connectivity index (χ0n) is 16.3. The third kappa shape index (κ3) is 2.97. The maximum atomic E-state index is 12.4. The van der Waals surface area contributed by atoms with Gasteiger partial charge in [0.05, 0.1) is 18.9 Å². The van der Waals surface area contributed by atoms with Gasteiger partial charge in [-0.2, -0.15) is 5.10 Å². The highest BCUT2D eigenvalue weighted by molar-refractivity contribution is 6.06. The largest absolute Gasteiger partial charge is 0.497 e. The van der Waals surface area contributed by atoms with Crippen LogP contribution in [-0.4, -0.2) is 37.8 Å². The smallest absolute Gasteiger partial charge is 0.240 e. The van der Waals surface area contributed by atoms with Crippen LogP contribution >= 0.6 is 0 Å². The van der Waals surface area contributed by atoms with E-state index in [1.807, 2.05) is 20.2 Å². The lowest BCUT2D eigenvalue weighted by Crippen LogP contribution is -2.31. The Morgan fingerprint density at radius 1 is 1.19 bits per heavy atom. The van der Waals surface area contributed by atoms with Gasteiger partial charge in [-0.05, 0) is 54.3 Å². The van der Waals surface area contributed by atoms with Crippen molar-refractivity contribution in [2.45, 2.75) is 25.8 Å². The highest BCUT2D eigenvalue weighted by Gasteiger charge is 2.43. The highest BCUT2D eigenvalue weighted by Crippen LogP contribution is 2.44. The molecule has 1 heterocycles. The Morgan fingerprint density at radius 3 is 2.56 bits per heavy atom. The van der Waals surface area contributed by atoms with E-state index in [0.29, 0.717) is 0 Å². The number of ether oxygens (including phenoxy) is 1. The van der Waals surface area contributed by atoms with Crippen LogP contribution in [0.25, 0.3) is 0 Å². The number of anilines is 1. The lowest BCUT2D eigenvalue weighted by Gasteiger charge is -2.29. The van der Waals surface area contributed by atoms with E-state index in [1.165, 1.54) is 5.56 Å². The number of hydrogen-bond donors (Lipinski definition) is 0. The predicted molar refractivity (Wildman–Crippen MR) is 107 cm³/mol. The summed E-state index contributed by atoms with van der Waals surface area (Å²) < 4.78 is 5.36. The second-order valence-corrected chi connectivity index (χ2v) is 7.45. The Labute approximate surface area is 160 Å². The van der Waals surface area contributed by atoms with Crippen molar-refractivity contribution in [1.82, 2.24) is 5.01 Å². The molecule has 0 bridgehead atoms. The number of hydrazone groups is 1. The van der Waals surface area contributed by atoms with Crippen LogP contribution in [0, 0.1) is 5.92 Å². The van der Waals surface area contributed by atoms with Crippen LogP contribution in [0.5, 0.6) is 5.75 Å². The van der Waals surface area contributed by atoms with Gasteiger partial charge in [0.25, 0.3) is 0 Å². The fraction of sp³-hybridized carbons (Fsp3) is 0.364. The van der Waals surface area contributed by atoms with Crippen molar-refractivity contribution in [1.29, 1.82) is 0 Å². The van der Waals surface area contributed by atoms with E-state index < -0.39 is 0 Å². The lowest BCUT2D eigenvalue weighted by atomic mass is 9.77. The van der Waals surface area contributed by atoms with Gasteiger partial charge >= 0.3 is 0 Å². The van der Waals surface area contributed by atoms with Gasteiger partial charge in [0.15, 0.2) is 0 Å². The van der Waals surface area contributed by atoms with Crippen LogP contribution in [-0.2, 0) is 11.2 Å². The Bertz CT molecular complexity index is 902. The van der Waals surface area contributed by atoms with Crippen molar-refractivity contribution in [3.05, 3.63) is 59.2 Å².